The number of rotatable bonds is 1. The summed E-state index contributed by atoms with van der Waals surface area (Å²) in [7, 11) is 0. The molecule has 0 N–H and O–H groups in total. The third kappa shape index (κ3) is 1.53. The van der Waals surface area contributed by atoms with Gasteiger partial charge in [0.2, 0.25) is 0 Å². The fourth-order valence-electron chi connectivity index (χ4n) is 9.93. The van der Waals surface area contributed by atoms with E-state index in [0.717, 1.165) is 66.8 Å². The first-order chi connectivity index (χ1) is 12.7. The van der Waals surface area contributed by atoms with Crippen molar-refractivity contribution in [1.82, 2.24) is 0 Å². The minimum absolute atomic E-state index is 0.269. The van der Waals surface area contributed by atoms with Gasteiger partial charge < -0.3 is 4.74 Å². The zero-order valence-corrected chi connectivity index (χ0v) is 16.1. The Balaban J connectivity index is 1.33. The fourth-order valence-corrected chi connectivity index (χ4v) is 9.93. The van der Waals surface area contributed by atoms with Crippen LogP contribution in [0.5, 0.6) is 0 Å². The van der Waals surface area contributed by atoms with Gasteiger partial charge in [0.25, 0.3) is 0 Å². The molecule has 0 aromatic carbocycles. The summed E-state index contributed by atoms with van der Waals surface area (Å²) in [6, 6.07) is 0. The van der Waals surface area contributed by atoms with Crippen molar-refractivity contribution in [3.63, 3.8) is 0 Å². The highest BCUT2D eigenvalue weighted by Gasteiger charge is 2.79. The molecule has 7 rings (SSSR count). The summed E-state index contributed by atoms with van der Waals surface area (Å²) in [5, 5.41) is 0. The molecule has 7 aliphatic rings. The number of allylic oxidation sites excluding steroid dienone is 1. The molecule has 0 amide bonds. The lowest BCUT2D eigenvalue weighted by Crippen LogP contribution is -2.56. The zero-order valence-electron chi connectivity index (χ0n) is 16.1. The monoisotopic (exact) mass is 352 g/mol. The van der Waals surface area contributed by atoms with Crippen molar-refractivity contribution in [3.05, 3.63) is 11.6 Å². The second kappa shape index (κ2) is 4.67. The van der Waals surface area contributed by atoms with Crippen LogP contribution in [0.3, 0.4) is 0 Å². The molecule has 0 aromatic heterocycles. The van der Waals surface area contributed by atoms with Crippen LogP contribution in [0, 0.1) is 52.8 Å². The lowest BCUT2D eigenvalue weighted by molar-refractivity contribution is -0.161. The van der Waals surface area contributed by atoms with Crippen LogP contribution in [0.4, 0.5) is 0 Å². The molecule has 6 fully saturated rings. The second-order valence-electron chi connectivity index (χ2n) is 10.9. The van der Waals surface area contributed by atoms with Crippen molar-refractivity contribution in [1.29, 1.82) is 0 Å². The van der Waals surface area contributed by atoms with Gasteiger partial charge in [-0.25, -0.2) is 0 Å². The average molecular weight is 353 g/mol. The first-order valence-electron chi connectivity index (χ1n) is 11.6. The quantitative estimate of drug-likeness (QED) is 0.679. The molecule has 2 nitrogen and oxygen atoms in total. The third-order valence-corrected chi connectivity index (χ3v) is 10.6. The summed E-state index contributed by atoms with van der Waals surface area (Å²) in [5.41, 5.74) is 2.37. The van der Waals surface area contributed by atoms with Gasteiger partial charge in [-0.1, -0.05) is 12.5 Å². The van der Waals surface area contributed by atoms with E-state index in [1.165, 1.54) is 44.9 Å². The van der Waals surface area contributed by atoms with Crippen LogP contribution in [0.15, 0.2) is 11.6 Å². The van der Waals surface area contributed by atoms with Crippen LogP contribution < -0.4 is 0 Å². The van der Waals surface area contributed by atoms with Gasteiger partial charge in [-0.05, 0) is 105 Å². The van der Waals surface area contributed by atoms with Crippen molar-refractivity contribution >= 4 is 5.78 Å². The summed E-state index contributed by atoms with van der Waals surface area (Å²) in [6.07, 6.45) is 13.8. The van der Waals surface area contributed by atoms with E-state index in [9.17, 15) is 4.79 Å². The van der Waals surface area contributed by atoms with Crippen molar-refractivity contribution in [2.75, 3.05) is 6.61 Å². The maximum absolute atomic E-state index is 12.1. The second-order valence-corrected chi connectivity index (χ2v) is 10.9. The van der Waals surface area contributed by atoms with Gasteiger partial charge in [0.1, 0.15) is 0 Å². The Bertz CT molecular complexity index is 716. The van der Waals surface area contributed by atoms with Gasteiger partial charge in [-0.15, -0.1) is 0 Å². The molecule has 26 heavy (non-hydrogen) atoms. The van der Waals surface area contributed by atoms with Crippen molar-refractivity contribution in [3.8, 4) is 0 Å². The Morgan fingerprint density at radius 3 is 2.85 bits per heavy atom. The molecule has 0 aromatic rings. The molecule has 3 unspecified atom stereocenters. The van der Waals surface area contributed by atoms with Gasteiger partial charge in [0.15, 0.2) is 5.78 Å². The summed E-state index contributed by atoms with van der Waals surface area (Å²) in [4.78, 5) is 12.1. The molecule has 1 aliphatic heterocycles. The molecular weight excluding hydrogens is 320 g/mol. The van der Waals surface area contributed by atoms with Crippen molar-refractivity contribution < 1.29 is 9.53 Å². The minimum atomic E-state index is 0.269. The third-order valence-electron chi connectivity index (χ3n) is 10.6. The van der Waals surface area contributed by atoms with Crippen LogP contribution in [-0.4, -0.2) is 18.0 Å². The molecule has 5 saturated carbocycles. The highest BCUT2D eigenvalue weighted by Crippen LogP contribution is 2.81. The highest BCUT2D eigenvalue weighted by molar-refractivity contribution is 5.91. The molecule has 6 aliphatic carbocycles. The topological polar surface area (TPSA) is 26.3 Å². The Labute approximate surface area is 157 Å². The Morgan fingerprint density at radius 1 is 1.12 bits per heavy atom. The first-order valence-corrected chi connectivity index (χ1v) is 11.6. The molecular formula is C24H32O2. The van der Waals surface area contributed by atoms with Crippen LogP contribution in [0.1, 0.15) is 64.7 Å². The number of fused-ring (bicyclic) bond motifs is 12. The van der Waals surface area contributed by atoms with Gasteiger partial charge in [0, 0.05) is 18.4 Å². The Kier molecular flexibility index (Phi) is 2.75. The SMILES string of the molecule is CC[C@]12CCC3C(C1[C@@H]1C[C@@H]1[C@@]21CCCO1)[C@@H]1C[C@@H]1C1=CC(=O)CC[C@@H]13. The van der Waals surface area contributed by atoms with E-state index in [-0.39, 0.29) is 5.60 Å². The molecule has 1 heterocycles. The van der Waals surface area contributed by atoms with Crippen molar-refractivity contribution in [2.24, 2.45) is 52.8 Å². The molecule has 1 saturated heterocycles. The van der Waals surface area contributed by atoms with E-state index >= 15 is 0 Å². The molecule has 0 bridgehead atoms. The van der Waals surface area contributed by atoms with E-state index in [1.807, 2.05) is 0 Å². The van der Waals surface area contributed by atoms with Crippen molar-refractivity contribution in [2.45, 2.75) is 70.3 Å². The normalized spacial score (nSPS) is 61.3. The summed E-state index contributed by atoms with van der Waals surface area (Å²) < 4.78 is 6.71. The predicted molar refractivity (Wildman–Crippen MR) is 99.4 cm³/mol. The lowest BCUT2D eigenvalue weighted by atomic mass is 9.47. The maximum Gasteiger partial charge on any atom is 0.155 e. The van der Waals surface area contributed by atoms with E-state index in [0.29, 0.717) is 11.2 Å². The van der Waals surface area contributed by atoms with Crippen LogP contribution in [0.25, 0.3) is 0 Å². The number of hydrogen-bond donors (Lipinski definition) is 0. The van der Waals surface area contributed by atoms with Gasteiger partial charge >= 0.3 is 0 Å². The largest absolute Gasteiger partial charge is 0.374 e. The molecule has 0 radical (unpaired) electrons. The Hall–Kier alpha value is -0.630. The number of hydrogen-bond acceptors (Lipinski definition) is 2. The lowest BCUT2D eigenvalue weighted by Gasteiger charge is -2.58. The summed E-state index contributed by atoms with van der Waals surface area (Å²) in [6.45, 7) is 3.51. The van der Waals surface area contributed by atoms with Crippen LogP contribution in [-0.2, 0) is 9.53 Å². The minimum Gasteiger partial charge on any atom is -0.374 e. The first kappa shape index (κ1) is 15.3. The predicted octanol–water partition coefficient (Wildman–Crippen LogP) is 4.78. The Morgan fingerprint density at radius 2 is 2.04 bits per heavy atom. The smallest absolute Gasteiger partial charge is 0.155 e. The molecule has 140 valence electrons. The van der Waals surface area contributed by atoms with E-state index in [4.69, 9.17) is 4.74 Å². The van der Waals surface area contributed by atoms with Crippen LogP contribution >= 0.6 is 0 Å². The fraction of sp³-hybridized carbons (Fsp3) is 0.875. The van der Waals surface area contributed by atoms with Gasteiger partial charge in [-0.2, -0.15) is 0 Å². The van der Waals surface area contributed by atoms with E-state index in [2.05, 4.69) is 13.0 Å². The zero-order chi connectivity index (χ0) is 17.3. The summed E-state index contributed by atoms with van der Waals surface area (Å²) >= 11 is 0. The summed E-state index contributed by atoms with van der Waals surface area (Å²) in [5.74, 6) is 7.56. The van der Waals surface area contributed by atoms with E-state index in [1.54, 1.807) is 5.57 Å². The van der Waals surface area contributed by atoms with Crippen LogP contribution in [0.2, 0.25) is 0 Å². The number of ketones is 1. The molecule has 10 atom stereocenters. The number of carbonyl (C=O) groups is 1. The molecule has 2 heteroatoms. The molecule has 1 spiro atoms. The van der Waals surface area contributed by atoms with Gasteiger partial charge in [-0.3, -0.25) is 4.79 Å². The number of carbonyl (C=O) groups excluding carboxylic acids is 1. The average Bonchev–Trinajstić information content (AvgIpc) is 3.56. The standard InChI is InChI=1S/C24H32O2/c1-2-23-8-6-15-14-5-4-13(25)10-16(14)17-11-18(17)21(15)22(23)19-12-20(19)24(23)7-3-9-26-24/h10,14-15,17-22H,2-9,11-12H2,1H3/t14-,15?,17-,18-,19-,20+,21?,22?,23+,24+/m1/s1. The van der Waals surface area contributed by atoms with Gasteiger partial charge in [0.05, 0.1) is 5.60 Å². The number of ether oxygens (including phenoxy) is 1. The van der Waals surface area contributed by atoms with E-state index < -0.39 is 0 Å². The maximum atomic E-state index is 12.1. The highest BCUT2D eigenvalue weighted by atomic mass is 16.5.